The molecule has 1 aromatic carbocycles. The molecule has 82 valence electrons. The van der Waals surface area contributed by atoms with Crippen LogP contribution >= 0.6 is 11.8 Å². The molecule has 4 heteroatoms. The summed E-state index contributed by atoms with van der Waals surface area (Å²) < 4.78 is 2.27. The van der Waals surface area contributed by atoms with E-state index in [1.807, 2.05) is 23.9 Å². The largest absolute Gasteiger partial charge is 1.00 e. The van der Waals surface area contributed by atoms with Crippen LogP contribution in [-0.4, -0.2) is 33.6 Å². The summed E-state index contributed by atoms with van der Waals surface area (Å²) in [5.74, 6) is 0.327. The summed E-state index contributed by atoms with van der Waals surface area (Å²) in [6, 6.07) is 7.40. The molecule has 1 aliphatic heterocycles. The molecule has 1 heterocycles. The molecule has 0 amide bonds. The first-order valence-electron chi connectivity index (χ1n) is 4.71. The Morgan fingerprint density at radius 1 is 1.33 bits per heavy atom. The first-order valence-corrected chi connectivity index (χ1v) is 5.59. The summed E-state index contributed by atoms with van der Waals surface area (Å²) in [4.78, 5) is 0. The Morgan fingerprint density at radius 3 is 2.40 bits per heavy atom. The Labute approximate surface area is 111 Å². The van der Waals surface area contributed by atoms with E-state index in [4.69, 9.17) is 0 Å². The number of hydrogen-bond acceptors (Lipinski definition) is 2. The summed E-state index contributed by atoms with van der Waals surface area (Å²) in [5, 5.41) is 11.1. The van der Waals surface area contributed by atoms with Crippen LogP contribution in [0.4, 0.5) is 0 Å². The SMILES string of the molecule is CC1C[N+](C)=C(c2ccc(O)cc2)S1.[I-]. The zero-order chi connectivity index (χ0) is 10.1. The quantitative estimate of drug-likeness (QED) is 0.521. The van der Waals surface area contributed by atoms with Crippen molar-refractivity contribution >= 4 is 16.8 Å². The van der Waals surface area contributed by atoms with E-state index in [0.717, 1.165) is 6.54 Å². The van der Waals surface area contributed by atoms with Gasteiger partial charge in [-0.25, -0.2) is 4.58 Å². The van der Waals surface area contributed by atoms with E-state index in [1.54, 1.807) is 12.1 Å². The van der Waals surface area contributed by atoms with E-state index in [-0.39, 0.29) is 24.0 Å². The second kappa shape index (κ2) is 5.21. The second-order valence-electron chi connectivity index (χ2n) is 3.66. The number of benzene rings is 1. The van der Waals surface area contributed by atoms with Crippen LogP contribution in [0.5, 0.6) is 5.75 Å². The molecule has 1 N–H and O–H groups in total. The fraction of sp³-hybridized carbons (Fsp3) is 0.364. The fourth-order valence-electron chi connectivity index (χ4n) is 1.68. The monoisotopic (exact) mass is 335 g/mol. The standard InChI is InChI=1S/C11H13NOS.HI/c1-8-7-12(2)11(14-8)9-3-5-10(13)6-4-9;/h3-6,8H,7H2,1-2H3;1H. The second-order valence-corrected chi connectivity index (χ2v) is 5.09. The summed E-state index contributed by atoms with van der Waals surface area (Å²) in [6.07, 6.45) is 0. The van der Waals surface area contributed by atoms with Crippen LogP contribution in [0, 0.1) is 0 Å². The van der Waals surface area contributed by atoms with Crippen LogP contribution in [0.3, 0.4) is 0 Å². The van der Waals surface area contributed by atoms with Crippen molar-refractivity contribution in [2.24, 2.45) is 0 Å². The van der Waals surface area contributed by atoms with Gasteiger partial charge >= 0.3 is 0 Å². The molecule has 1 aliphatic rings. The molecule has 15 heavy (non-hydrogen) atoms. The van der Waals surface area contributed by atoms with Crippen molar-refractivity contribution in [2.45, 2.75) is 12.2 Å². The van der Waals surface area contributed by atoms with E-state index < -0.39 is 0 Å². The molecule has 2 nitrogen and oxygen atoms in total. The van der Waals surface area contributed by atoms with Crippen LogP contribution in [0.2, 0.25) is 0 Å². The number of rotatable bonds is 1. The molecule has 0 aromatic heterocycles. The van der Waals surface area contributed by atoms with Gasteiger partial charge in [0.15, 0.2) is 6.54 Å². The Balaban J connectivity index is 0.00000112. The van der Waals surface area contributed by atoms with Crippen LogP contribution in [0.15, 0.2) is 24.3 Å². The van der Waals surface area contributed by atoms with Crippen LogP contribution in [0.25, 0.3) is 0 Å². The third kappa shape index (κ3) is 2.87. The summed E-state index contributed by atoms with van der Waals surface area (Å²) in [6.45, 7) is 3.33. The van der Waals surface area contributed by atoms with Crippen molar-refractivity contribution in [2.75, 3.05) is 13.6 Å². The summed E-state index contributed by atoms with van der Waals surface area (Å²) >= 11 is 1.89. The minimum Gasteiger partial charge on any atom is -1.00 e. The Kier molecular flexibility index (Phi) is 4.45. The maximum atomic E-state index is 9.19. The molecule has 0 saturated carbocycles. The molecule has 1 unspecified atom stereocenters. The summed E-state index contributed by atoms with van der Waals surface area (Å²) in [7, 11) is 2.11. The first-order chi connectivity index (χ1) is 6.66. The molecular formula is C11H14INOS. The molecule has 1 atom stereocenters. The van der Waals surface area contributed by atoms with Gasteiger partial charge in [-0.3, -0.25) is 0 Å². The van der Waals surface area contributed by atoms with Crippen LogP contribution < -0.4 is 24.0 Å². The lowest BCUT2D eigenvalue weighted by Crippen LogP contribution is -3.00. The van der Waals surface area contributed by atoms with E-state index in [9.17, 15) is 5.11 Å². The Morgan fingerprint density at radius 2 is 1.93 bits per heavy atom. The van der Waals surface area contributed by atoms with Gasteiger partial charge in [0.1, 0.15) is 12.8 Å². The van der Waals surface area contributed by atoms with Gasteiger partial charge in [-0.15, -0.1) is 0 Å². The van der Waals surface area contributed by atoms with Crippen molar-refractivity contribution in [3.8, 4) is 5.75 Å². The zero-order valence-corrected chi connectivity index (χ0v) is 11.7. The number of halogens is 1. The smallest absolute Gasteiger partial charge is 0.242 e. The molecule has 0 spiro atoms. The third-order valence-corrected chi connectivity index (χ3v) is 3.63. The first kappa shape index (κ1) is 12.8. The predicted molar refractivity (Wildman–Crippen MR) is 60.3 cm³/mol. The highest BCUT2D eigenvalue weighted by molar-refractivity contribution is 8.14. The van der Waals surface area contributed by atoms with Gasteiger partial charge in [0.05, 0.1) is 10.8 Å². The van der Waals surface area contributed by atoms with Gasteiger partial charge in [0, 0.05) is 0 Å². The van der Waals surface area contributed by atoms with E-state index in [2.05, 4.69) is 18.5 Å². The van der Waals surface area contributed by atoms with Gasteiger partial charge in [-0.2, -0.15) is 0 Å². The van der Waals surface area contributed by atoms with Crippen molar-refractivity contribution < 1.29 is 33.7 Å². The van der Waals surface area contributed by atoms with E-state index >= 15 is 0 Å². The Bertz CT molecular complexity index is 375. The van der Waals surface area contributed by atoms with E-state index in [1.165, 1.54) is 10.6 Å². The highest BCUT2D eigenvalue weighted by Crippen LogP contribution is 2.25. The zero-order valence-electron chi connectivity index (χ0n) is 8.77. The minimum absolute atomic E-state index is 0. The predicted octanol–water partition coefficient (Wildman–Crippen LogP) is -1.08. The minimum atomic E-state index is 0. The van der Waals surface area contributed by atoms with Crippen LogP contribution in [-0.2, 0) is 0 Å². The number of nitrogens with zero attached hydrogens (tertiary/aromatic N) is 1. The fourth-order valence-corrected chi connectivity index (χ4v) is 2.88. The number of hydrogen-bond donors (Lipinski definition) is 1. The van der Waals surface area contributed by atoms with Crippen molar-refractivity contribution in [1.82, 2.24) is 0 Å². The van der Waals surface area contributed by atoms with Crippen molar-refractivity contribution in [3.63, 3.8) is 0 Å². The molecule has 0 fully saturated rings. The summed E-state index contributed by atoms with van der Waals surface area (Å²) in [5.41, 5.74) is 1.19. The van der Waals surface area contributed by atoms with Gasteiger partial charge in [-0.05, 0) is 43.0 Å². The number of phenolic OH excluding ortho intramolecular Hbond substituents is 1. The number of thioether (sulfide) groups is 1. The molecular weight excluding hydrogens is 321 g/mol. The van der Waals surface area contributed by atoms with Crippen LogP contribution in [0.1, 0.15) is 12.5 Å². The highest BCUT2D eigenvalue weighted by Gasteiger charge is 2.27. The molecule has 0 bridgehead atoms. The topological polar surface area (TPSA) is 23.2 Å². The number of phenols is 1. The highest BCUT2D eigenvalue weighted by atomic mass is 127. The lowest BCUT2D eigenvalue weighted by molar-refractivity contribution is -0.489. The van der Waals surface area contributed by atoms with Crippen molar-refractivity contribution in [3.05, 3.63) is 29.8 Å². The van der Waals surface area contributed by atoms with E-state index in [0.29, 0.717) is 11.0 Å². The lowest BCUT2D eigenvalue weighted by Gasteiger charge is -1.97. The molecule has 1 aromatic rings. The van der Waals surface area contributed by atoms with Gasteiger partial charge in [0.2, 0.25) is 5.04 Å². The average Bonchev–Trinajstić information content (AvgIpc) is 2.47. The maximum absolute atomic E-state index is 9.19. The molecule has 0 saturated heterocycles. The van der Waals surface area contributed by atoms with Gasteiger partial charge < -0.3 is 29.1 Å². The van der Waals surface area contributed by atoms with Crippen molar-refractivity contribution in [1.29, 1.82) is 0 Å². The molecule has 0 aliphatic carbocycles. The number of aromatic hydroxyl groups is 1. The normalized spacial score (nSPS) is 20.3. The third-order valence-electron chi connectivity index (χ3n) is 2.30. The van der Waals surface area contributed by atoms with Gasteiger partial charge in [0.25, 0.3) is 0 Å². The lowest BCUT2D eigenvalue weighted by atomic mass is 10.2. The average molecular weight is 335 g/mol. The maximum Gasteiger partial charge on any atom is 0.242 e. The van der Waals surface area contributed by atoms with Gasteiger partial charge in [-0.1, -0.05) is 0 Å². The Hall–Kier alpha value is -0.230. The molecule has 0 radical (unpaired) electrons. The molecule has 2 rings (SSSR count).